The maximum atomic E-state index is 13.0. The van der Waals surface area contributed by atoms with E-state index in [4.69, 9.17) is 22.1 Å². The number of nitrogens with two attached hydrogens (primary N) is 1. The van der Waals surface area contributed by atoms with Gasteiger partial charge in [-0.05, 0) is 54.8 Å². The van der Waals surface area contributed by atoms with Gasteiger partial charge in [-0.15, -0.1) is 0 Å². The summed E-state index contributed by atoms with van der Waals surface area (Å²) in [5, 5.41) is 2.19. The van der Waals surface area contributed by atoms with Crippen molar-refractivity contribution in [3.05, 3.63) is 88.2 Å². The summed E-state index contributed by atoms with van der Waals surface area (Å²) < 4.78 is 44.7. The van der Waals surface area contributed by atoms with Gasteiger partial charge < -0.3 is 15.8 Å². The Morgan fingerprint density at radius 3 is 2.62 bits per heavy atom. The van der Waals surface area contributed by atoms with Crippen molar-refractivity contribution in [2.45, 2.75) is 25.6 Å². The SMILES string of the molecule is NCc1cc(Oc2cccc(CCCNC(=O)c3ccc(Cl)c(C(F)(F)F)c3)c2)ccn1. The average molecular weight is 464 g/mol. The number of rotatable bonds is 8. The van der Waals surface area contributed by atoms with Crippen LogP contribution in [0.25, 0.3) is 0 Å². The molecule has 0 aliphatic carbocycles. The lowest BCUT2D eigenvalue weighted by atomic mass is 10.1. The van der Waals surface area contributed by atoms with Gasteiger partial charge >= 0.3 is 6.18 Å². The molecule has 32 heavy (non-hydrogen) atoms. The van der Waals surface area contributed by atoms with Gasteiger partial charge in [0.2, 0.25) is 0 Å². The first-order chi connectivity index (χ1) is 15.3. The summed E-state index contributed by atoms with van der Waals surface area (Å²) in [4.78, 5) is 16.3. The molecule has 2 aromatic carbocycles. The van der Waals surface area contributed by atoms with Crippen LogP contribution in [0.15, 0.2) is 60.8 Å². The number of hydrogen-bond acceptors (Lipinski definition) is 4. The summed E-state index contributed by atoms with van der Waals surface area (Å²) in [7, 11) is 0. The Bertz CT molecular complexity index is 1090. The number of amides is 1. The molecule has 0 bridgehead atoms. The van der Waals surface area contributed by atoms with E-state index >= 15 is 0 Å². The number of nitrogens with zero attached hydrogens (tertiary/aromatic N) is 1. The number of ether oxygens (including phenoxy) is 1. The van der Waals surface area contributed by atoms with E-state index in [9.17, 15) is 18.0 Å². The van der Waals surface area contributed by atoms with Crippen LogP contribution in [0.5, 0.6) is 11.5 Å². The molecule has 3 rings (SSSR count). The van der Waals surface area contributed by atoms with Gasteiger partial charge in [0, 0.05) is 30.9 Å². The average Bonchev–Trinajstić information content (AvgIpc) is 2.76. The molecule has 0 radical (unpaired) electrons. The zero-order valence-electron chi connectivity index (χ0n) is 17.0. The smallest absolute Gasteiger partial charge is 0.417 e. The number of aryl methyl sites for hydroxylation is 1. The van der Waals surface area contributed by atoms with Crippen LogP contribution >= 0.6 is 11.6 Å². The number of benzene rings is 2. The van der Waals surface area contributed by atoms with Crippen LogP contribution < -0.4 is 15.8 Å². The van der Waals surface area contributed by atoms with Crippen molar-refractivity contribution in [2.75, 3.05) is 6.54 Å². The Balaban J connectivity index is 1.53. The molecular weight excluding hydrogens is 443 g/mol. The molecule has 3 N–H and O–H groups in total. The first kappa shape index (κ1) is 23.6. The Morgan fingerprint density at radius 2 is 1.88 bits per heavy atom. The van der Waals surface area contributed by atoms with Gasteiger partial charge in [-0.25, -0.2) is 0 Å². The lowest BCUT2D eigenvalue weighted by Crippen LogP contribution is -2.25. The van der Waals surface area contributed by atoms with Gasteiger partial charge in [-0.2, -0.15) is 13.2 Å². The Labute approximate surface area is 188 Å². The number of hydrogen-bond donors (Lipinski definition) is 2. The molecule has 3 aromatic rings. The van der Waals surface area contributed by atoms with E-state index in [-0.39, 0.29) is 5.56 Å². The third kappa shape index (κ3) is 6.45. The molecule has 1 amide bonds. The fourth-order valence-electron chi connectivity index (χ4n) is 3.01. The highest BCUT2D eigenvalue weighted by atomic mass is 35.5. The second-order valence-corrected chi connectivity index (χ2v) is 7.40. The zero-order chi connectivity index (χ0) is 23.1. The van der Waals surface area contributed by atoms with Crippen molar-refractivity contribution >= 4 is 17.5 Å². The molecule has 168 valence electrons. The minimum atomic E-state index is -4.62. The Kier molecular flexibility index (Phi) is 7.71. The normalized spacial score (nSPS) is 11.3. The Morgan fingerprint density at radius 1 is 1.09 bits per heavy atom. The minimum Gasteiger partial charge on any atom is -0.457 e. The van der Waals surface area contributed by atoms with E-state index in [0.29, 0.717) is 37.4 Å². The van der Waals surface area contributed by atoms with Gasteiger partial charge in [-0.1, -0.05) is 23.7 Å². The standard InChI is InChI=1S/C23H21ClF3N3O2/c24-21-7-6-16(12-20(21)23(25,26)27)22(31)30-9-2-4-15-3-1-5-18(11-15)32-19-8-10-29-17(13-19)14-28/h1,3,5-8,10-13H,2,4,9,14,28H2,(H,30,31). The summed E-state index contributed by atoms with van der Waals surface area (Å²) in [6, 6.07) is 14.1. The van der Waals surface area contributed by atoms with Crippen molar-refractivity contribution in [3.8, 4) is 11.5 Å². The van der Waals surface area contributed by atoms with Gasteiger partial charge in [0.1, 0.15) is 11.5 Å². The number of nitrogens with one attached hydrogen (secondary N) is 1. The van der Waals surface area contributed by atoms with E-state index < -0.39 is 22.7 Å². The van der Waals surface area contributed by atoms with Crippen LogP contribution in [-0.4, -0.2) is 17.4 Å². The van der Waals surface area contributed by atoms with E-state index in [1.54, 1.807) is 18.3 Å². The zero-order valence-corrected chi connectivity index (χ0v) is 17.7. The molecule has 0 saturated heterocycles. The molecule has 0 aliphatic rings. The highest BCUT2D eigenvalue weighted by Crippen LogP contribution is 2.35. The number of carbonyl (C=O) groups is 1. The highest BCUT2D eigenvalue weighted by Gasteiger charge is 2.33. The van der Waals surface area contributed by atoms with E-state index in [1.807, 2.05) is 24.3 Å². The summed E-state index contributed by atoms with van der Waals surface area (Å²) in [5.41, 5.74) is 6.19. The van der Waals surface area contributed by atoms with Crippen LogP contribution in [0.1, 0.15) is 33.6 Å². The summed E-state index contributed by atoms with van der Waals surface area (Å²) in [6.07, 6.45) is -1.75. The van der Waals surface area contributed by atoms with Crippen LogP contribution in [0, 0.1) is 0 Å². The predicted octanol–water partition coefficient (Wildman–Crippen LogP) is 5.37. The number of pyridine rings is 1. The number of aromatic nitrogens is 1. The summed E-state index contributed by atoms with van der Waals surface area (Å²) in [6.45, 7) is 0.620. The predicted molar refractivity (Wildman–Crippen MR) is 116 cm³/mol. The highest BCUT2D eigenvalue weighted by molar-refractivity contribution is 6.31. The monoisotopic (exact) mass is 463 g/mol. The maximum Gasteiger partial charge on any atom is 0.417 e. The maximum absolute atomic E-state index is 13.0. The first-order valence-corrected chi connectivity index (χ1v) is 10.2. The van der Waals surface area contributed by atoms with Crippen LogP contribution in [-0.2, 0) is 19.1 Å². The third-order valence-electron chi connectivity index (χ3n) is 4.59. The molecule has 1 heterocycles. The van der Waals surface area contributed by atoms with Gasteiger partial charge in [0.25, 0.3) is 5.91 Å². The number of halogens is 4. The fourth-order valence-corrected chi connectivity index (χ4v) is 3.24. The number of carbonyl (C=O) groups excluding carboxylic acids is 1. The largest absolute Gasteiger partial charge is 0.457 e. The first-order valence-electron chi connectivity index (χ1n) is 9.83. The molecule has 1 aromatic heterocycles. The molecule has 5 nitrogen and oxygen atoms in total. The van der Waals surface area contributed by atoms with Crippen molar-refractivity contribution in [1.82, 2.24) is 10.3 Å². The van der Waals surface area contributed by atoms with E-state index in [2.05, 4.69) is 10.3 Å². The molecule has 0 saturated carbocycles. The van der Waals surface area contributed by atoms with E-state index in [1.165, 1.54) is 6.07 Å². The molecule has 0 spiro atoms. The minimum absolute atomic E-state index is 0.0914. The quantitative estimate of drug-likeness (QED) is 0.440. The molecular formula is C23H21ClF3N3O2. The lowest BCUT2D eigenvalue weighted by molar-refractivity contribution is -0.137. The van der Waals surface area contributed by atoms with Crippen LogP contribution in [0.4, 0.5) is 13.2 Å². The van der Waals surface area contributed by atoms with Crippen molar-refractivity contribution < 1.29 is 22.7 Å². The summed E-state index contributed by atoms with van der Waals surface area (Å²) >= 11 is 5.59. The van der Waals surface area contributed by atoms with Gasteiger partial charge in [0.05, 0.1) is 16.3 Å². The number of alkyl halides is 3. The van der Waals surface area contributed by atoms with Crippen molar-refractivity contribution in [2.24, 2.45) is 5.73 Å². The lowest BCUT2D eigenvalue weighted by Gasteiger charge is -2.11. The van der Waals surface area contributed by atoms with Crippen LogP contribution in [0.3, 0.4) is 0 Å². The summed E-state index contributed by atoms with van der Waals surface area (Å²) in [5.74, 6) is 0.699. The van der Waals surface area contributed by atoms with Gasteiger partial charge in [0.15, 0.2) is 0 Å². The Hall–Kier alpha value is -3.10. The second-order valence-electron chi connectivity index (χ2n) is 6.99. The molecule has 0 atom stereocenters. The van der Waals surface area contributed by atoms with Crippen LogP contribution in [0.2, 0.25) is 5.02 Å². The van der Waals surface area contributed by atoms with Crippen molar-refractivity contribution in [3.63, 3.8) is 0 Å². The molecule has 0 aliphatic heterocycles. The molecule has 0 fully saturated rings. The molecule has 9 heteroatoms. The topological polar surface area (TPSA) is 77.2 Å². The van der Waals surface area contributed by atoms with E-state index in [0.717, 1.165) is 23.4 Å². The second kappa shape index (κ2) is 10.5. The third-order valence-corrected chi connectivity index (χ3v) is 4.92. The van der Waals surface area contributed by atoms with Gasteiger partial charge in [-0.3, -0.25) is 9.78 Å². The fraction of sp³-hybridized carbons (Fsp3) is 0.217. The molecule has 0 unspecified atom stereocenters. The van der Waals surface area contributed by atoms with Crippen molar-refractivity contribution in [1.29, 1.82) is 0 Å².